The van der Waals surface area contributed by atoms with Crippen LogP contribution in [0.1, 0.15) is 53.9 Å². The predicted octanol–water partition coefficient (Wildman–Crippen LogP) is 3.21. The molecule has 0 amide bonds. The van der Waals surface area contributed by atoms with Crippen LogP contribution in [-0.2, 0) is 14.3 Å². The maximum absolute atomic E-state index is 11.7. The summed E-state index contributed by atoms with van der Waals surface area (Å²) in [6, 6.07) is 0. The van der Waals surface area contributed by atoms with Crippen molar-refractivity contribution in [1.29, 1.82) is 0 Å². The molecule has 1 aliphatic rings. The van der Waals surface area contributed by atoms with Crippen molar-refractivity contribution in [3.8, 4) is 0 Å². The molecule has 1 fully saturated rings. The van der Waals surface area contributed by atoms with Gasteiger partial charge in [-0.1, -0.05) is 27.7 Å². The zero-order chi connectivity index (χ0) is 13.9. The first-order chi connectivity index (χ1) is 8.32. The minimum atomic E-state index is 0.0105. The Hall–Kier alpha value is -0.410. The molecule has 0 saturated carbocycles. The van der Waals surface area contributed by atoms with Crippen molar-refractivity contribution in [2.24, 2.45) is 11.3 Å². The van der Waals surface area contributed by atoms with Gasteiger partial charge in [0.25, 0.3) is 0 Å². The first kappa shape index (κ1) is 15.6. The molecule has 3 heteroatoms. The molecule has 18 heavy (non-hydrogen) atoms. The molecule has 0 spiro atoms. The highest BCUT2D eigenvalue weighted by molar-refractivity contribution is 5.78. The molecule has 0 aromatic carbocycles. The van der Waals surface area contributed by atoms with Crippen molar-refractivity contribution < 1.29 is 14.3 Å². The Morgan fingerprint density at radius 2 is 2.11 bits per heavy atom. The lowest BCUT2D eigenvalue weighted by atomic mass is 9.69. The summed E-state index contributed by atoms with van der Waals surface area (Å²) < 4.78 is 11.5. The van der Waals surface area contributed by atoms with Gasteiger partial charge in [-0.15, -0.1) is 0 Å². The zero-order valence-corrected chi connectivity index (χ0v) is 12.7. The number of hydrogen-bond donors (Lipinski definition) is 0. The Bertz CT molecular complexity index is 285. The van der Waals surface area contributed by atoms with Crippen LogP contribution >= 0.6 is 0 Å². The minimum absolute atomic E-state index is 0.0105. The van der Waals surface area contributed by atoms with E-state index >= 15 is 0 Å². The molecule has 4 unspecified atom stereocenters. The summed E-state index contributed by atoms with van der Waals surface area (Å²) in [6.07, 6.45) is 2.32. The fourth-order valence-electron chi connectivity index (χ4n) is 2.53. The highest BCUT2D eigenvalue weighted by Crippen LogP contribution is 2.43. The molecule has 1 aliphatic heterocycles. The van der Waals surface area contributed by atoms with E-state index in [0.717, 1.165) is 6.42 Å². The summed E-state index contributed by atoms with van der Waals surface area (Å²) in [5.74, 6) is 0.814. The van der Waals surface area contributed by atoms with E-state index in [1.807, 2.05) is 13.8 Å². The van der Waals surface area contributed by atoms with Crippen LogP contribution in [0.3, 0.4) is 0 Å². The Balaban J connectivity index is 2.79. The Morgan fingerprint density at radius 1 is 1.50 bits per heavy atom. The molecule has 1 rings (SSSR count). The van der Waals surface area contributed by atoms with Crippen molar-refractivity contribution >= 4 is 5.78 Å². The number of rotatable bonds is 5. The molecule has 4 atom stereocenters. The van der Waals surface area contributed by atoms with E-state index in [-0.39, 0.29) is 29.5 Å². The van der Waals surface area contributed by atoms with Crippen LogP contribution in [0.2, 0.25) is 0 Å². The van der Waals surface area contributed by atoms with E-state index in [1.54, 1.807) is 7.11 Å². The summed E-state index contributed by atoms with van der Waals surface area (Å²) in [4.78, 5) is 11.7. The largest absolute Gasteiger partial charge is 0.379 e. The number of ether oxygens (including phenoxy) is 2. The monoisotopic (exact) mass is 256 g/mol. The van der Waals surface area contributed by atoms with Crippen LogP contribution in [0.25, 0.3) is 0 Å². The van der Waals surface area contributed by atoms with Gasteiger partial charge in [0.15, 0.2) is 0 Å². The van der Waals surface area contributed by atoms with Crippen LogP contribution in [0, 0.1) is 11.3 Å². The minimum Gasteiger partial charge on any atom is -0.379 e. The van der Waals surface area contributed by atoms with Crippen LogP contribution < -0.4 is 0 Å². The summed E-state index contributed by atoms with van der Waals surface area (Å²) in [6.45, 7) is 10.6. The molecule has 0 N–H and O–H groups in total. The molecule has 106 valence electrons. The van der Waals surface area contributed by atoms with Gasteiger partial charge in [0.05, 0.1) is 18.3 Å². The molecule has 0 bridgehead atoms. The van der Waals surface area contributed by atoms with E-state index in [0.29, 0.717) is 18.8 Å². The number of ketones is 1. The van der Waals surface area contributed by atoms with Gasteiger partial charge in [0, 0.05) is 20.0 Å². The Kier molecular flexibility index (Phi) is 5.35. The lowest BCUT2D eigenvalue weighted by Gasteiger charge is -2.48. The van der Waals surface area contributed by atoms with Crippen LogP contribution in [0.5, 0.6) is 0 Å². The third-order valence-corrected chi connectivity index (χ3v) is 4.73. The molecule has 0 aromatic heterocycles. The van der Waals surface area contributed by atoms with Crippen LogP contribution in [0.4, 0.5) is 0 Å². The average molecular weight is 256 g/mol. The molecule has 1 saturated heterocycles. The van der Waals surface area contributed by atoms with Crippen molar-refractivity contribution in [2.75, 3.05) is 7.11 Å². The highest BCUT2D eigenvalue weighted by atomic mass is 16.5. The number of methoxy groups -OCH3 is 1. The summed E-state index contributed by atoms with van der Waals surface area (Å²) in [5.41, 5.74) is 0.0504. The number of hydrogen-bond acceptors (Lipinski definition) is 3. The second-order valence-corrected chi connectivity index (χ2v) is 6.16. The van der Waals surface area contributed by atoms with E-state index in [2.05, 4.69) is 20.8 Å². The lowest BCUT2D eigenvalue weighted by Crippen LogP contribution is -2.50. The van der Waals surface area contributed by atoms with E-state index in [4.69, 9.17) is 9.47 Å². The maximum atomic E-state index is 11.7. The summed E-state index contributed by atoms with van der Waals surface area (Å²) in [5, 5.41) is 0. The third-order valence-electron chi connectivity index (χ3n) is 4.73. The van der Waals surface area contributed by atoms with Crippen LogP contribution in [-0.4, -0.2) is 31.2 Å². The van der Waals surface area contributed by atoms with Crippen molar-refractivity contribution in [2.45, 2.75) is 72.2 Å². The highest BCUT2D eigenvalue weighted by Gasteiger charge is 2.44. The molecule has 0 radical (unpaired) electrons. The average Bonchev–Trinajstić information content (AvgIpc) is 2.33. The van der Waals surface area contributed by atoms with Gasteiger partial charge in [-0.25, -0.2) is 0 Å². The fraction of sp³-hybridized carbons (Fsp3) is 0.933. The fourth-order valence-corrected chi connectivity index (χ4v) is 2.53. The second-order valence-electron chi connectivity index (χ2n) is 6.16. The smallest absolute Gasteiger partial charge is 0.135 e. The Labute approximate surface area is 111 Å². The molecule has 0 aromatic rings. The molecular weight excluding hydrogens is 228 g/mol. The number of Topliss-reactive ketones (excluding diaryl/α,β-unsaturated/α-hetero) is 1. The first-order valence-electron chi connectivity index (χ1n) is 7.02. The lowest BCUT2D eigenvalue weighted by molar-refractivity contribution is -0.180. The Morgan fingerprint density at radius 3 is 2.61 bits per heavy atom. The van der Waals surface area contributed by atoms with Crippen molar-refractivity contribution in [1.82, 2.24) is 0 Å². The van der Waals surface area contributed by atoms with Gasteiger partial charge >= 0.3 is 0 Å². The quantitative estimate of drug-likeness (QED) is 0.757. The molecule has 0 aliphatic carbocycles. The van der Waals surface area contributed by atoms with Crippen molar-refractivity contribution in [3.05, 3.63) is 0 Å². The topological polar surface area (TPSA) is 35.5 Å². The van der Waals surface area contributed by atoms with Crippen molar-refractivity contribution in [3.63, 3.8) is 0 Å². The molecule has 3 nitrogen and oxygen atoms in total. The van der Waals surface area contributed by atoms with Gasteiger partial charge < -0.3 is 9.47 Å². The molecule has 1 heterocycles. The number of carbonyl (C=O) groups is 1. The predicted molar refractivity (Wildman–Crippen MR) is 72.6 cm³/mol. The van der Waals surface area contributed by atoms with Gasteiger partial charge in [0.1, 0.15) is 5.78 Å². The summed E-state index contributed by atoms with van der Waals surface area (Å²) >= 11 is 0. The SMILES string of the molecule is CCC(=O)CC1OC(C(C)OC)CC(C)C1(C)C. The second kappa shape index (κ2) is 6.16. The van der Waals surface area contributed by atoms with Gasteiger partial charge in [-0.2, -0.15) is 0 Å². The number of carbonyl (C=O) groups excluding carboxylic acids is 1. The third kappa shape index (κ3) is 3.33. The van der Waals surface area contributed by atoms with Gasteiger partial charge in [-0.05, 0) is 24.7 Å². The van der Waals surface area contributed by atoms with Crippen LogP contribution in [0.15, 0.2) is 0 Å². The van der Waals surface area contributed by atoms with E-state index in [9.17, 15) is 4.79 Å². The summed E-state index contributed by atoms with van der Waals surface area (Å²) in [7, 11) is 1.71. The maximum Gasteiger partial charge on any atom is 0.135 e. The molecular formula is C15H28O3. The first-order valence-corrected chi connectivity index (χ1v) is 7.02. The standard InChI is InChI=1S/C15H28O3/c1-7-12(16)9-14-15(4,5)10(2)8-13(18-14)11(3)17-6/h10-11,13-14H,7-9H2,1-6H3. The van der Waals surface area contributed by atoms with Gasteiger partial charge in [-0.3, -0.25) is 4.79 Å². The zero-order valence-electron chi connectivity index (χ0n) is 12.7. The normalized spacial score (nSPS) is 33.1. The van der Waals surface area contributed by atoms with E-state index < -0.39 is 0 Å². The van der Waals surface area contributed by atoms with E-state index in [1.165, 1.54) is 0 Å². The van der Waals surface area contributed by atoms with Gasteiger partial charge in [0.2, 0.25) is 0 Å².